The fourth-order valence-electron chi connectivity index (χ4n) is 2.47. The lowest BCUT2D eigenvalue weighted by atomic mass is 10.1. The first-order chi connectivity index (χ1) is 10.3. The highest BCUT2D eigenvalue weighted by Crippen LogP contribution is 2.17. The Morgan fingerprint density at radius 2 is 1.41 bits per heavy atom. The zero-order valence-corrected chi connectivity index (χ0v) is 14.5. The molecule has 0 unspecified atom stereocenters. The third-order valence-corrected chi connectivity index (χ3v) is 7.66. The third kappa shape index (κ3) is 3.87. The first-order valence-electron chi connectivity index (χ1n) is 7.26. The summed E-state index contributed by atoms with van der Waals surface area (Å²) >= 11 is 0. The lowest BCUT2D eigenvalue weighted by molar-refractivity contribution is 0.273. The van der Waals surface area contributed by atoms with E-state index in [-0.39, 0.29) is 37.7 Å². The second-order valence-electron chi connectivity index (χ2n) is 5.38. The molecule has 0 radical (unpaired) electrons. The summed E-state index contributed by atoms with van der Waals surface area (Å²) in [6.45, 7) is 4.36. The summed E-state index contributed by atoms with van der Waals surface area (Å²) in [6, 6.07) is 7.39. The highest BCUT2D eigenvalue weighted by Gasteiger charge is 2.31. The summed E-state index contributed by atoms with van der Waals surface area (Å²) in [5.74, 6) is 0.00314. The minimum Gasteiger partial charge on any atom is -0.212 e. The topological polar surface area (TPSA) is 74.8 Å². The van der Waals surface area contributed by atoms with Crippen LogP contribution in [0.25, 0.3) is 0 Å². The number of nitrogens with zero attached hydrogens (tertiary/aromatic N) is 2. The Bertz CT molecular complexity index is 721. The van der Waals surface area contributed by atoms with Crippen LogP contribution in [0.4, 0.5) is 0 Å². The van der Waals surface area contributed by atoms with E-state index in [9.17, 15) is 16.8 Å². The molecule has 6 nitrogen and oxygen atoms in total. The van der Waals surface area contributed by atoms with Crippen molar-refractivity contribution < 1.29 is 16.8 Å². The second kappa shape index (κ2) is 6.66. The van der Waals surface area contributed by atoms with Gasteiger partial charge in [-0.15, -0.1) is 0 Å². The van der Waals surface area contributed by atoms with E-state index >= 15 is 0 Å². The molecule has 1 fully saturated rings. The molecule has 0 N–H and O–H groups in total. The van der Waals surface area contributed by atoms with Crippen molar-refractivity contribution in [3.8, 4) is 0 Å². The van der Waals surface area contributed by atoms with E-state index in [0.717, 1.165) is 11.1 Å². The largest absolute Gasteiger partial charge is 0.218 e. The molecule has 1 aromatic carbocycles. The van der Waals surface area contributed by atoms with Crippen LogP contribution in [0, 0.1) is 6.92 Å². The van der Waals surface area contributed by atoms with Crippen molar-refractivity contribution in [2.45, 2.75) is 19.6 Å². The molecule has 0 spiro atoms. The molecule has 0 saturated carbocycles. The quantitative estimate of drug-likeness (QED) is 0.790. The molecule has 1 aromatic rings. The zero-order valence-electron chi connectivity index (χ0n) is 12.9. The van der Waals surface area contributed by atoms with Gasteiger partial charge in [-0.3, -0.25) is 0 Å². The number of piperazine rings is 1. The maximum Gasteiger partial charge on any atom is 0.218 e. The van der Waals surface area contributed by atoms with Crippen LogP contribution in [-0.4, -0.2) is 57.4 Å². The van der Waals surface area contributed by atoms with Gasteiger partial charge in [-0.1, -0.05) is 24.3 Å². The molecule has 1 heterocycles. The number of benzene rings is 1. The Hall–Kier alpha value is -0.960. The van der Waals surface area contributed by atoms with Gasteiger partial charge in [0.2, 0.25) is 20.0 Å². The molecular weight excluding hydrogens is 324 g/mol. The van der Waals surface area contributed by atoms with Crippen LogP contribution in [0.15, 0.2) is 24.3 Å². The Kier molecular flexibility index (Phi) is 5.26. The van der Waals surface area contributed by atoms with Crippen LogP contribution in [0.3, 0.4) is 0 Å². The normalized spacial score (nSPS) is 18.5. The molecule has 0 amide bonds. The van der Waals surface area contributed by atoms with Crippen molar-refractivity contribution in [2.75, 3.05) is 31.9 Å². The highest BCUT2D eigenvalue weighted by molar-refractivity contribution is 7.89. The smallest absolute Gasteiger partial charge is 0.212 e. The Morgan fingerprint density at radius 1 is 0.909 bits per heavy atom. The maximum atomic E-state index is 12.5. The second-order valence-corrected chi connectivity index (χ2v) is 9.61. The predicted octanol–water partition coefficient (Wildman–Crippen LogP) is 0.792. The van der Waals surface area contributed by atoms with Gasteiger partial charge < -0.3 is 0 Å². The number of hydrogen-bond donors (Lipinski definition) is 0. The predicted molar refractivity (Wildman–Crippen MR) is 86.4 cm³/mol. The summed E-state index contributed by atoms with van der Waals surface area (Å²) in [4.78, 5) is 0. The minimum atomic E-state index is -3.42. The van der Waals surface area contributed by atoms with Gasteiger partial charge in [0.1, 0.15) is 0 Å². The average Bonchev–Trinajstić information content (AvgIpc) is 2.49. The van der Waals surface area contributed by atoms with Gasteiger partial charge in [-0.2, -0.15) is 8.61 Å². The number of aryl methyl sites for hydroxylation is 1. The molecule has 1 aliphatic rings. The zero-order chi connectivity index (χ0) is 16.4. The standard InChI is InChI=1S/C14H22N2O4S2/c1-3-21(17,18)15-8-10-16(11-9-15)22(19,20)12-14-7-5-4-6-13(14)2/h4-7H,3,8-12H2,1-2H3. The number of hydrogen-bond acceptors (Lipinski definition) is 4. The van der Waals surface area contributed by atoms with Crippen LogP contribution < -0.4 is 0 Å². The van der Waals surface area contributed by atoms with E-state index in [2.05, 4.69) is 0 Å². The van der Waals surface area contributed by atoms with Crippen molar-refractivity contribution in [2.24, 2.45) is 0 Å². The van der Waals surface area contributed by atoms with Gasteiger partial charge in [-0.05, 0) is 25.0 Å². The highest BCUT2D eigenvalue weighted by atomic mass is 32.2. The summed E-state index contributed by atoms with van der Waals surface area (Å²) in [5.41, 5.74) is 1.73. The molecule has 0 bridgehead atoms. The summed E-state index contributed by atoms with van der Waals surface area (Å²) in [6.07, 6.45) is 0. The summed E-state index contributed by atoms with van der Waals surface area (Å²) < 4.78 is 51.3. The Balaban J connectivity index is 2.06. The van der Waals surface area contributed by atoms with E-state index < -0.39 is 20.0 Å². The average molecular weight is 346 g/mol. The summed E-state index contributed by atoms with van der Waals surface area (Å²) in [7, 11) is -6.67. The van der Waals surface area contributed by atoms with Crippen molar-refractivity contribution >= 4 is 20.0 Å². The van der Waals surface area contributed by atoms with Crippen LogP contribution in [0.1, 0.15) is 18.1 Å². The van der Waals surface area contributed by atoms with Crippen LogP contribution in [0.5, 0.6) is 0 Å². The van der Waals surface area contributed by atoms with Crippen molar-refractivity contribution in [1.82, 2.24) is 8.61 Å². The number of rotatable bonds is 5. The monoisotopic (exact) mass is 346 g/mol. The van der Waals surface area contributed by atoms with E-state index in [0.29, 0.717) is 0 Å². The van der Waals surface area contributed by atoms with Crippen molar-refractivity contribution in [3.63, 3.8) is 0 Å². The number of sulfonamides is 2. The molecule has 0 aliphatic carbocycles. The summed E-state index contributed by atoms with van der Waals surface area (Å²) in [5, 5.41) is 0. The van der Waals surface area contributed by atoms with Gasteiger partial charge in [0.05, 0.1) is 11.5 Å². The van der Waals surface area contributed by atoms with E-state index in [1.165, 1.54) is 8.61 Å². The minimum absolute atomic E-state index is 0.0415. The molecule has 8 heteroatoms. The molecule has 2 rings (SSSR count). The van der Waals surface area contributed by atoms with Crippen LogP contribution in [0.2, 0.25) is 0 Å². The first-order valence-corrected chi connectivity index (χ1v) is 10.5. The molecule has 124 valence electrons. The molecular formula is C14H22N2O4S2. The van der Waals surface area contributed by atoms with Crippen molar-refractivity contribution in [3.05, 3.63) is 35.4 Å². The van der Waals surface area contributed by atoms with E-state index in [4.69, 9.17) is 0 Å². The molecule has 0 atom stereocenters. The third-order valence-electron chi connectivity index (χ3n) is 3.95. The maximum absolute atomic E-state index is 12.5. The lowest BCUT2D eigenvalue weighted by Crippen LogP contribution is -2.51. The van der Waals surface area contributed by atoms with E-state index in [1.807, 2.05) is 31.2 Å². The molecule has 1 aliphatic heterocycles. The fourth-order valence-corrected chi connectivity index (χ4v) is 5.17. The van der Waals surface area contributed by atoms with Crippen LogP contribution >= 0.6 is 0 Å². The fraction of sp³-hybridized carbons (Fsp3) is 0.571. The van der Waals surface area contributed by atoms with Gasteiger partial charge in [-0.25, -0.2) is 16.8 Å². The van der Waals surface area contributed by atoms with Gasteiger partial charge in [0.25, 0.3) is 0 Å². The SMILES string of the molecule is CCS(=O)(=O)N1CCN(S(=O)(=O)Cc2ccccc2C)CC1. The molecule has 0 aromatic heterocycles. The van der Waals surface area contributed by atoms with Gasteiger partial charge in [0, 0.05) is 26.2 Å². The van der Waals surface area contributed by atoms with Crippen molar-refractivity contribution in [1.29, 1.82) is 0 Å². The molecule has 22 heavy (non-hydrogen) atoms. The van der Waals surface area contributed by atoms with E-state index in [1.54, 1.807) is 6.92 Å². The Labute approximate surface area is 132 Å². The Morgan fingerprint density at radius 3 is 1.91 bits per heavy atom. The molecule has 1 saturated heterocycles. The van der Waals surface area contributed by atoms with Gasteiger partial charge in [0.15, 0.2) is 0 Å². The van der Waals surface area contributed by atoms with Crippen LogP contribution in [-0.2, 0) is 25.8 Å². The van der Waals surface area contributed by atoms with Gasteiger partial charge >= 0.3 is 0 Å². The lowest BCUT2D eigenvalue weighted by Gasteiger charge is -2.33. The first kappa shape index (κ1) is 17.4.